The summed E-state index contributed by atoms with van der Waals surface area (Å²) in [6.07, 6.45) is 1.79. The number of hydrogen-bond donors (Lipinski definition) is 2. The summed E-state index contributed by atoms with van der Waals surface area (Å²) in [4.78, 5) is 12.5. The van der Waals surface area contributed by atoms with Crippen molar-refractivity contribution in [1.82, 2.24) is 5.32 Å². The molecule has 1 fully saturated rings. The van der Waals surface area contributed by atoms with Gasteiger partial charge in [0.2, 0.25) is 5.91 Å². The molecular formula is C15H30N2O2. The molecule has 0 aromatic rings. The Morgan fingerprint density at radius 1 is 1.42 bits per heavy atom. The summed E-state index contributed by atoms with van der Waals surface area (Å²) < 4.78 is 5.15. The maximum Gasteiger partial charge on any atom is 0.224 e. The molecule has 1 amide bonds. The minimum absolute atomic E-state index is 0.0263. The van der Waals surface area contributed by atoms with Crippen molar-refractivity contribution in [2.24, 2.45) is 23.0 Å². The van der Waals surface area contributed by atoms with Crippen LogP contribution in [0.5, 0.6) is 0 Å². The van der Waals surface area contributed by atoms with Crippen molar-refractivity contribution in [3.8, 4) is 0 Å². The first kappa shape index (κ1) is 16.4. The van der Waals surface area contributed by atoms with Crippen LogP contribution in [0.4, 0.5) is 0 Å². The molecule has 1 aliphatic carbocycles. The quantitative estimate of drug-likeness (QED) is 0.820. The lowest BCUT2D eigenvalue weighted by molar-refractivity contribution is -0.134. The molecule has 0 aromatic heterocycles. The third kappa shape index (κ3) is 3.69. The van der Waals surface area contributed by atoms with E-state index in [4.69, 9.17) is 10.5 Å². The van der Waals surface area contributed by atoms with Crippen molar-refractivity contribution in [3.63, 3.8) is 0 Å². The molecule has 4 nitrogen and oxygen atoms in total. The van der Waals surface area contributed by atoms with Crippen LogP contribution < -0.4 is 11.1 Å². The fraction of sp³-hybridized carbons (Fsp3) is 0.933. The predicted octanol–water partition coefficient (Wildman–Crippen LogP) is 1.93. The molecule has 19 heavy (non-hydrogen) atoms. The first-order valence-electron chi connectivity index (χ1n) is 7.18. The second kappa shape index (κ2) is 5.80. The van der Waals surface area contributed by atoms with Gasteiger partial charge in [-0.3, -0.25) is 4.79 Å². The van der Waals surface area contributed by atoms with Gasteiger partial charge in [0.25, 0.3) is 0 Å². The maximum atomic E-state index is 12.5. The van der Waals surface area contributed by atoms with E-state index in [2.05, 4.69) is 26.1 Å². The second-order valence-corrected chi connectivity index (χ2v) is 7.21. The molecule has 1 saturated carbocycles. The lowest BCUT2D eigenvalue weighted by Crippen LogP contribution is -2.56. The monoisotopic (exact) mass is 270 g/mol. The van der Waals surface area contributed by atoms with Crippen LogP contribution in [0.15, 0.2) is 0 Å². The highest BCUT2D eigenvalue weighted by Crippen LogP contribution is 2.44. The Kier molecular flexibility index (Phi) is 5.02. The van der Waals surface area contributed by atoms with E-state index < -0.39 is 0 Å². The number of ether oxygens (including phenoxy) is 1. The molecule has 3 N–H and O–H groups in total. The third-order valence-corrected chi connectivity index (χ3v) is 4.79. The number of rotatable bonds is 4. The lowest BCUT2D eigenvalue weighted by Gasteiger charge is -2.46. The van der Waals surface area contributed by atoms with Gasteiger partial charge in [-0.1, -0.05) is 20.8 Å². The van der Waals surface area contributed by atoms with Crippen LogP contribution in [-0.2, 0) is 9.53 Å². The van der Waals surface area contributed by atoms with Gasteiger partial charge in [-0.25, -0.2) is 0 Å². The van der Waals surface area contributed by atoms with Crippen molar-refractivity contribution in [3.05, 3.63) is 0 Å². The molecule has 0 spiro atoms. The topological polar surface area (TPSA) is 64.3 Å². The first-order chi connectivity index (χ1) is 8.62. The minimum Gasteiger partial charge on any atom is -0.382 e. The summed E-state index contributed by atoms with van der Waals surface area (Å²) in [6.45, 7) is 11.0. The fourth-order valence-electron chi connectivity index (χ4n) is 3.14. The summed E-state index contributed by atoms with van der Waals surface area (Å²) in [5, 5.41) is 3.11. The van der Waals surface area contributed by atoms with Crippen LogP contribution in [0.3, 0.4) is 0 Å². The number of carbonyl (C=O) groups is 1. The molecule has 0 saturated heterocycles. The standard InChI is InChI=1S/C15H30N2O2/c1-10-12(16)8-7-11(15(10,4)5)13(18)17-14(2,3)9-19-6/h10-12H,7-9,16H2,1-6H3,(H,17,18). The highest BCUT2D eigenvalue weighted by atomic mass is 16.5. The van der Waals surface area contributed by atoms with Crippen LogP contribution >= 0.6 is 0 Å². The molecule has 4 heteroatoms. The molecule has 0 aliphatic heterocycles. The SMILES string of the molecule is COCC(C)(C)NC(=O)C1CCC(N)C(C)C1(C)C. The zero-order chi connectivity index (χ0) is 14.8. The number of carbonyl (C=O) groups excluding carboxylic acids is 1. The molecule has 0 bridgehead atoms. The molecule has 0 radical (unpaired) electrons. The van der Waals surface area contributed by atoms with Gasteiger partial charge in [0, 0.05) is 19.1 Å². The summed E-state index contributed by atoms with van der Waals surface area (Å²) >= 11 is 0. The highest BCUT2D eigenvalue weighted by Gasteiger charge is 2.45. The maximum absolute atomic E-state index is 12.5. The summed E-state index contributed by atoms with van der Waals surface area (Å²) in [5.74, 6) is 0.506. The smallest absolute Gasteiger partial charge is 0.224 e. The molecular weight excluding hydrogens is 240 g/mol. The van der Waals surface area contributed by atoms with Gasteiger partial charge < -0.3 is 15.8 Å². The second-order valence-electron chi connectivity index (χ2n) is 7.21. The van der Waals surface area contributed by atoms with E-state index in [1.807, 2.05) is 13.8 Å². The zero-order valence-corrected chi connectivity index (χ0v) is 13.2. The summed E-state index contributed by atoms with van der Waals surface area (Å²) in [5.41, 5.74) is 5.75. The number of nitrogens with two attached hydrogens (primary N) is 1. The normalized spacial score (nSPS) is 31.0. The Labute approximate surface area is 117 Å². The molecule has 1 rings (SSSR count). The molecule has 0 heterocycles. The van der Waals surface area contributed by atoms with E-state index in [1.165, 1.54) is 0 Å². The van der Waals surface area contributed by atoms with Crippen molar-refractivity contribution >= 4 is 5.91 Å². The zero-order valence-electron chi connectivity index (χ0n) is 13.2. The molecule has 0 aromatic carbocycles. The van der Waals surface area contributed by atoms with E-state index in [0.717, 1.165) is 12.8 Å². The summed E-state index contributed by atoms with van der Waals surface area (Å²) in [7, 11) is 1.65. The average molecular weight is 270 g/mol. The van der Waals surface area contributed by atoms with Gasteiger partial charge in [0.15, 0.2) is 0 Å². The van der Waals surface area contributed by atoms with Crippen LogP contribution in [-0.4, -0.2) is 31.2 Å². The molecule has 112 valence electrons. The Morgan fingerprint density at radius 3 is 2.53 bits per heavy atom. The molecule has 1 aliphatic rings. The van der Waals surface area contributed by atoms with E-state index in [1.54, 1.807) is 7.11 Å². The van der Waals surface area contributed by atoms with Gasteiger partial charge in [0.05, 0.1) is 12.1 Å². The van der Waals surface area contributed by atoms with Gasteiger partial charge in [0.1, 0.15) is 0 Å². The van der Waals surface area contributed by atoms with Gasteiger partial charge in [-0.05, 0) is 38.0 Å². The largest absolute Gasteiger partial charge is 0.382 e. The number of hydrogen-bond acceptors (Lipinski definition) is 3. The molecule has 3 unspecified atom stereocenters. The highest BCUT2D eigenvalue weighted by molar-refractivity contribution is 5.80. The van der Waals surface area contributed by atoms with E-state index >= 15 is 0 Å². The van der Waals surface area contributed by atoms with E-state index in [0.29, 0.717) is 12.5 Å². The van der Waals surface area contributed by atoms with Crippen LogP contribution in [0, 0.1) is 17.3 Å². The lowest BCUT2D eigenvalue weighted by atomic mass is 9.61. The predicted molar refractivity (Wildman–Crippen MR) is 77.7 cm³/mol. The van der Waals surface area contributed by atoms with Crippen LogP contribution in [0.2, 0.25) is 0 Å². The van der Waals surface area contributed by atoms with Crippen molar-refractivity contribution in [2.75, 3.05) is 13.7 Å². The number of nitrogens with one attached hydrogen (secondary N) is 1. The Bertz CT molecular complexity index is 326. The van der Waals surface area contributed by atoms with E-state index in [-0.39, 0.29) is 28.8 Å². The number of amides is 1. The van der Waals surface area contributed by atoms with E-state index in [9.17, 15) is 4.79 Å². The Morgan fingerprint density at radius 2 is 2.00 bits per heavy atom. The molecule has 3 atom stereocenters. The minimum atomic E-state index is -0.329. The number of methoxy groups -OCH3 is 1. The Hall–Kier alpha value is -0.610. The average Bonchev–Trinajstić information content (AvgIpc) is 2.24. The third-order valence-electron chi connectivity index (χ3n) is 4.79. The summed E-state index contributed by atoms with van der Waals surface area (Å²) in [6, 6.07) is 0.200. The van der Waals surface area contributed by atoms with Crippen molar-refractivity contribution < 1.29 is 9.53 Å². The van der Waals surface area contributed by atoms with Crippen molar-refractivity contribution in [2.45, 2.75) is 59.0 Å². The van der Waals surface area contributed by atoms with Gasteiger partial charge in [-0.15, -0.1) is 0 Å². The van der Waals surface area contributed by atoms with Gasteiger partial charge in [-0.2, -0.15) is 0 Å². The fourth-order valence-corrected chi connectivity index (χ4v) is 3.14. The first-order valence-corrected chi connectivity index (χ1v) is 7.18. The Balaban J connectivity index is 2.77. The van der Waals surface area contributed by atoms with Crippen LogP contribution in [0.1, 0.15) is 47.5 Å². The van der Waals surface area contributed by atoms with Crippen LogP contribution in [0.25, 0.3) is 0 Å². The van der Waals surface area contributed by atoms with Gasteiger partial charge >= 0.3 is 0 Å². The van der Waals surface area contributed by atoms with Crippen molar-refractivity contribution in [1.29, 1.82) is 0 Å².